The summed E-state index contributed by atoms with van der Waals surface area (Å²) in [6.45, 7) is 4.81. The summed E-state index contributed by atoms with van der Waals surface area (Å²) in [6, 6.07) is 23.9. The quantitative estimate of drug-likeness (QED) is 0.415. The molecule has 0 radical (unpaired) electrons. The first-order chi connectivity index (χ1) is 19.1. The van der Waals surface area contributed by atoms with E-state index in [4.69, 9.17) is 19.3 Å². The molecule has 3 aromatic rings. The van der Waals surface area contributed by atoms with Gasteiger partial charge in [0.2, 0.25) is 0 Å². The van der Waals surface area contributed by atoms with Crippen molar-refractivity contribution in [2.45, 2.75) is 19.0 Å². The molecule has 2 aliphatic rings. The van der Waals surface area contributed by atoms with Crippen molar-refractivity contribution < 1.29 is 19.0 Å². The van der Waals surface area contributed by atoms with Crippen molar-refractivity contribution in [1.29, 1.82) is 0 Å². The lowest BCUT2D eigenvalue weighted by atomic mass is 9.97. The van der Waals surface area contributed by atoms with Gasteiger partial charge in [0.1, 0.15) is 5.75 Å². The molecule has 1 unspecified atom stereocenters. The smallest absolute Gasteiger partial charge is 0.257 e. The minimum atomic E-state index is -0.254. The third-order valence-electron chi connectivity index (χ3n) is 7.45. The van der Waals surface area contributed by atoms with Gasteiger partial charge in [-0.1, -0.05) is 48.5 Å². The summed E-state index contributed by atoms with van der Waals surface area (Å²) in [7, 11) is 4.89. The highest BCUT2D eigenvalue weighted by molar-refractivity contribution is 6.03. The van der Waals surface area contributed by atoms with E-state index in [1.165, 1.54) is 5.56 Å². The molecule has 0 saturated carbocycles. The van der Waals surface area contributed by atoms with Crippen molar-refractivity contribution in [3.05, 3.63) is 89.5 Å². The molecule has 1 amide bonds. The van der Waals surface area contributed by atoms with Crippen LogP contribution >= 0.6 is 0 Å². The Bertz CT molecular complexity index is 1300. The van der Waals surface area contributed by atoms with E-state index in [1.807, 2.05) is 48.5 Å². The van der Waals surface area contributed by atoms with Crippen molar-refractivity contribution in [2.75, 3.05) is 54.1 Å². The molecule has 0 N–H and O–H groups in total. The summed E-state index contributed by atoms with van der Waals surface area (Å²) in [5.41, 5.74) is 3.99. The van der Waals surface area contributed by atoms with Gasteiger partial charge in [-0.3, -0.25) is 14.6 Å². The van der Waals surface area contributed by atoms with Crippen LogP contribution in [0.1, 0.15) is 29.2 Å². The maximum absolute atomic E-state index is 13.7. The van der Waals surface area contributed by atoms with Crippen molar-refractivity contribution in [1.82, 2.24) is 14.8 Å². The Morgan fingerprint density at radius 1 is 0.795 bits per heavy atom. The first-order valence-electron chi connectivity index (χ1n) is 13.3. The lowest BCUT2D eigenvalue weighted by Crippen LogP contribution is -2.49. The van der Waals surface area contributed by atoms with Crippen LogP contribution in [0.5, 0.6) is 17.2 Å². The van der Waals surface area contributed by atoms with E-state index in [0.717, 1.165) is 55.3 Å². The predicted molar refractivity (Wildman–Crippen MR) is 151 cm³/mol. The van der Waals surface area contributed by atoms with Crippen molar-refractivity contribution in [3.8, 4) is 17.2 Å². The van der Waals surface area contributed by atoms with Gasteiger partial charge in [0.05, 0.1) is 39.6 Å². The number of rotatable bonds is 9. The number of ether oxygens (including phenoxy) is 3. The molecule has 1 saturated heterocycles. The van der Waals surface area contributed by atoms with Crippen LogP contribution in [-0.2, 0) is 11.3 Å². The Hall–Kier alpha value is -3.88. The number of carbonyl (C=O) groups is 1. The van der Waals surface area contributed by atoms with E-state index in [-0.39, 0.29) is 11.9 Å². The van der Waals surface area contributed by atoms with E-state index in [2.05, 4.69) is 34.1 Å². The lowest BCUT2D eigenvalue weighted by Gasteiger charge is -2.35. The number of para-hydroxylation sites is 1. The normalized spacial score (nSPS) is 18.1. The molecule has 0 spiro atoms. The Morgan fingerprint density at radius 2 is 1.46 bits per heavy atom. The summed E-state index contributed by atoms with van der Waals surface area (Å²) in [5.74, 6) is 2.02. The molecule has 8 nitrogen and oxygen atoms in total. The minimum Gasteiger partial charge on any atom is -0.496 e. The fourth-order valence-electron chi connectivity index (χ4n) is 5.33. The summed E-state index contributed by atoms with van der Waals surface area (Å²) in [6.07, 6.45) is 0.576. The number of hydrogen-bond acceptors (Lipinski definition) is 7. The van der Waals surface area contributed by atoms with Crippen LogP contribution in [0.3, 0.4) is 0 Å². The predicted octanol–water partition coefficient (Wildman–Crippen LogP) is 4.21. The zero-order valence-corrected chi connectivity index (χ0v) is 22.9. The maximum Gasteiger partial charge on any atom is 0.257 e. The van der Waals surface area contributed by atoms with E-state index in [9.17, 15) is 4.79 Å². The van der Waals surface area contributed by atoms with Gasteiger partial charge in [-0.2, -0.15) is 5.10 Å². The molecule has 2 aliphatic heterocycles. The molecule has 0 aliphatic carbocycles. The first kappa shape index (κ1) is 26.7. The van der Waals surface area contributed by atoms with Gasteiger partial charge in [0.15, 0.2) is 11.5 Å². The van der Waals surface area contributed by atoms with Crippen LogP contribution in [0.25, 0.3) is 0 Å². The third kappa shape index (κ3) is 6.08. The minimum absolute atomic E-state index is 0.0158. The second-order valence-electron chi connectivity index (χ2n) is 9.85. The first-order valence-corrected chi connectivity index (χ1v) is 13.3. The van der Waals surface area contributed by atoms with Crippen LogP contribution < -0.4 is 14.2 Å². The zero-order valence-electron chi connectivity index (χ0n) is 22.9. The second-order valence-corrected chi connectivity index (χ2v) is 9.85. The number of nitrogens with zero attached hydrogens (tertiary/aromatic N) is 4. The largest absolute Gasteiger partial charge is 0.496 e. The van der Waals surface area contributed by atoms with Crippen LogP contribution in [0.2, 0.25) is 0 Å². The van der Waals surface area contributed by atoms with Gasteiger partial charge < -0.3 is 14.2 Å². The van der Waals surface area contributed by atoms with Crippen molar-refractivity contribution in [3.63, 3.8) is 0 Å². The molecule has 0 aromatic heterocycles. The van der Waals surface area contributed by atoms with Gasteiger partial charge in [0.25, 0.3) is 5.91 Å². The van der Waals surface area contributed by atoms with Gasteiger partial charge in [-0.15, -0.1) is 0 Å². The van der Waals surface area contributed by atoms with Crippen LogP contribution in [-0.4, -0.2) is 80.5 Å². The highest BCUT2D eigenvalue weighted by atomic mass is 16.5. The average Bonchev–Trinajstić information content (AvgIpc) is 3.44. The molecule has 204 valence electrons. The molecule has 0 bridgehead atoms. The molecular formula is C31H36N4O4. The monoisotopic (exact) mass is 528 g/mol. The highest BCUT2D eigenvalue weighted by Crippen LogP contribution is 2.38. The van der Waals surface area contributed by atoms with E-state index in [0.29, 0.717) is 24.5 Å². The van der Waals surface area contributed by atoms with Crippen LogP contribution in [0.4, 0.5) is 0 Å². The molecule has 39 heavy (non-hydrogen) atoms. The number of methoxy groups -OCH3 is 3. The highest BCUT2D eigenvalue weighted by Gasteiger charge is 2.36. The maximum atomic E-state index is 13.7. The van der Waals surface area contributed by atoms with E-state index >= 15 is 0 Å². The van der Waals surface area contributed by atoms with Gasteiger partial charge in [-0.25, -0.2) is 5.01 Å². The van der Waals surface area contributed by atoms with Crippen molar-refractivity contribution in [2.24, 2.45) is 5.10 Å². The van der Waals surface area contributed by atoms with Gasteiger partial charge in [0, 0.05) is 50.3 Å². The van der Waals surface area contributed by atoms with Crippen LogP contribution in [0, 0.1) is 0 Å². The topological polar surface area (TPSA) is 66.8 Å². The summed E-state index contributed by atoms with van der Waals surface area (Å²) in [4.78, 5) is 18.4. The number of benzene rings is 3. The van der Waals surface area contributed by atoms with E-state index in [1.54, 1.807) is 26.3 Å². The van der Waals surface area contributed by atoms with Gasteiger partial charge >= 0.3 is 0 Å². The SMILES string of the molecule is COc1ccc(C2=NN(C(=O)CN3CCN(Cc4ccccc4)CC3)C(c3ccccc3OC)C2)cc1OC. The molecule has 1 atom stereocenters. The Kier molecular flexibility index (Phi) is 8.44. The molecule has 1 fully saturated rings. The standard InChI is InChI=1S/C31H36N4O4/c1-37-28-12-8-7-11-25(28)27-20-26(24-13-14-29(38-2)30(19-24)39-3)32-35(27)31(36)22-34-17-15-33(16-18-34)21-23-9-5-4-6-10-23/h4-14,19,27H,15-18,20-22H2,1-3H3. The van der Waals surface area contributed by atoms with Crippen LogP contribution in [0.15, 0.2) is 77.9 Å². The molecular weight excluding hydrogens is 492 g/mol. The Morgan fingerprint density at radius 3 is 2.18 bits per heavy atom. The second kappa shape index (κ2) is 12.3. The summed E-state index contributed by atoms with van der Waals surface area (Å²) < 4.78 is 16.6. The Labute approximate surface area is 230 Å². The number of carbonyl (C=O) groups excluding carboxylic acids is 1. The fourth-order valence-corrected chi connectivity index (χ4v) is 5.33. The Balaban J connectivity index is 1.33. The summed E-state index contributed by atoms with van der Waals surface area (Å²) in [5, 5.41) is 6.52. The van der Waals surface area contributed by atoms with E-state index < -0.39 is 0 Å². The van der Waals surface area contributed by atoms with Gasteiger partial charge in [-0.05, 0) is 29.8 Å². The zero-order chi connectivity index (χ0) is 27.2. The average molecular weight is 529 g/mol. The molecule has 3 aromatic carbocycles. The number of hydrazone groups is 1. The number of piperazine rings is 1. The van der Waals surface area contributed by atoms with Crippen molar-refractivity contribution >= 4 is 11.6 Å². The molecule has 2 heterocycles. The summed E-state index contributed by atoms with van der Waals surface area (Å²) >= 11 is 0. The molecule has 8 heteroatoms. The third-order valence-corrected chi connectivity index (χ3v) is 7.45. The fraction of sp³-hybridized carbons (Fsp3) is 0.355. The lowest BCUT2D eigenvalue weighted by molar-refractivity contribution is -0.134. The number of amides is 1. The molecule has 5 rings (SSSR count). The number of hydrogen-bond donors (Lipinski definition) is 0.